The largest absolute Gasteiger partial charge is 0.329 e. The molecule has 0 amide bonds. The van der Waals surface area contributed by atoms with E-state index in [0.29, 0.717) is 5.25 Å². The summed E-state index contributed by atoms with van der Waals surface area (Å²) < 4.78 is 7.84. The van der Waals surface area contributed by atoms with Gasteiger partial charge in [0.05, 0.1) is 11.9 Å². The lowest BCUT2D eigenvalue weighted by Gasteiger charge is -2.21. The Kier molecular flexibility index (Phi) is 3.53. The summed E-state index contributed by atoms with van der Waals surface area (Å²) in [6.45, 7) is 0.740. The zero-order valence-electron chi connectivity index (χ0n) is 8.79. The molecule has 82 valence electrons. The van der Waals surface area contributed by atoms with Gasteiger partial charge < -0.3 is 4.52 Å². The van der Waals surface area contributed by atoms with Crippen molar-refractivity contribution in [2.24, 2.45) is 0 Å². The van der Waals surface area contributed by atoms with Gasteiger partial charge in [0.1, 0.15) is 0 Å². The van der Waals surface area contributed by atoms with Crippen LogP contribution in [0, 0.1) is 0 Å². The molecule has 1 fully saturated rings. The van der Waals surface area contributed by atoms with Gasteiger partial charge in [0.25, 0.3) is 0 Å². The minimum absolute atomic E-state index is 0.402. The Labute approximate surface area is 99.9 Å². The maximum Gasteiger partial charge on any atom is 0.188 e. The van der Waals surface area contributed by atoms with Gasteiger partial charge in [0.15, 0.2) is 5.62 Å². The fourth-order valence-corrected chi connectivity index (χ4v) is 6.63. The Morgan fingerprint density at radius 3 is 2.60 bits per heavy atom. The molecule has 0 radical (unpaired) electrons. The average molecular weight is 259 g/mol. The van der Waals surface area contributed by atoms with Gasteiger partial charge in [-0.1, -0.05) is 41.7 Å². The fourth-order valence-electron chi connectivity index (χ4n) is 1.42. The van der Waals surface area contributed by atoms with E-state index in [2.05, 4.69) is 28.9 Å². The molecule has 0 N–H and O–H groups in total. The summed E-state index contributed by atoms with van der Waals surface area (Å²) in [5.74, 6) is 0. The topological polar surface area (TPSA) is 12.5 Å². The molecule has 1 aliphatic rings. The number of hydrogen-bond donors (Lipinski definition) is 0. The second-order valence-corrected chi connectivity index (χ2v) is 10.7. The van der Waals surface area contributed by atoms with E-state index in [1.165, 1.54) is 5.56 Å². The van der Waals surface area contributed by atoms with Crippen LogP contribution >= 0.6 is 17.0 Å². The van der Waals surface area contributed by atoms with Gasteiger partial charge in [-0.2, -0.15) is 0 Å². The Bertz CT molecular complexity index is 382. The van der Waals surface area contributed by atoms with E-state index in [1.807, 2.05) is 20.2 Å². The van der Waals surface area contributed by atoms with Gasteiger partial charge in [0, 0.05) is 0 Å². The molecular formula is C10H14NOPS2. The van der Waals surface area contributed by atoms with Crippen molar-refractivity contribution in [3.8, 4) is 0 Å². The Hall–Kier alpha value is 0.140. The molecular weight excluding hydrogens is 245 g/mol. The predicted molar refractivity (Wildman–Crippen MR) is 70.7 cm³/mol. The van der Waals surface area contributed by atoms with Crippen LogP contribution in [0.25, 0.3) is 0 Å². The van der Waals surface area contributed by atoms with Crippen molar-refractivity contribution in [2.75, 3.05) is 20.7 Å². The highest BCUT2D eigenvalue weighted by atomic mass is 32.9. The van der Waals surface area contributed by atoms with Crippen molar-refractivity contribution in [2.45, 2.75) is 5.25 Å². The lowest BCUT2D eigenvalue weighted by molar-refractivity contribution is 0.348. The van der Waals surface area contributed by atoms with E-state index in [-0.39, 0.29) is 0 Å². The van der Waals surface area contributed by atoms with Gasteiger partial charge in [0.2, 0.25) is 0 Å². The zero-order chi connectivity index (χ0) is 10.9. The number of rotatable bonds is 2. The van der Waals surface area contributed by atoms with Crippen LogP contribution in [0.15, 0.2) is 30.3 Å². The van der Waals surface area contributed by atoms with E-state index in [4.69, 9.17) is 16.3 Å². The number of nitrogens with zero attached hydrogens (tertiary/aromatic N) is 1. The Morgan fingerprint density at radius 2 is 2.07 bits per heavy atom. The van der Waals surface area contributed by atoms with Gasteiger partial charge in [-0.3, -0.25) is 4.67 Å². The molecule has 2 rings (SSSR count). The second kappa shape index (κ2) is 4.56. The third-order valence-corrected chi connectivity index (χ3v) is 9.62. The average Bonchev–Trinajstić information content (AvgIpc) is 2.64. The summed E-state index contributed by atoms with van der Waals surface area (Å²) in [6, 6.07) is 10.4. The highest BCUT2D eigenvalue weighted by Crippen LogP contribution is 2.71. The number of hydrogen-bond acceptors (Lipinski definition) is 3. The van der Waals surface area contributed by atoms with E-state index < -0.39 is 5.62 Å². The van der Waals surface area contributed by atoms with Crippen LogP contribution in [0.3, 0.4) is 0 Å². The van der Waals surface area contributed by atoms with Crippen molar-refractivity contribution in [3.63, 3.8) is 0 Å². The fraction of sp³-hybridized carbons (Fsp3) is 0.400. The van der Waals surface area contributed by atoms with Crippen molar-refractivity contribution in [3.05, 3.63) is 35.9 Å². The van der Waals surface area contributed by atoms with Crippen LogP contribution in [0.5, 0.6) is 0 Å². The molecule has 0 aromatic heterocycles. The van der Waals surface area contributed by atoms with Crippen molar-refractivity contribution >= 4 is 28.8 Å². The summed E-state index contributed by atoms with van der Waals surface area (Å²) in [5.41, 5.74) is -0.464. The molecule has 1 aliphatic heterocycles. The lowest BCUT2D eigenvalue weighted by atomic mass is 10.2. The molecule has 1 heterocycles. The monoisotopic (exact) mass is 259 g/mol. The van der Waals surface area contributed by atoms with Gasteiger partial charge in [-0.05, 0) is 31.5 Å². The maximum atomic E-state index is 5.78. The van der Waals surface area contributed by atoms with E-state index >= 15 is 0 Å². The first-order chi connectivity index (χ1) is 7.12. The standard InChI is InChI=1S/C10H14NOPS2/c1-11(2)13(14)12-8-10(15-13)9-6-4-3-5-7-9/h3-7,10H,8H2,1-2H3/t10-,13-/m1/s1. The van der Waals surface area contributed by atoms with Crippen LogP contribution in [0.1, 0.15) is 10.8 Å². The normalized spacial score (nSPS) is 31.0. The van der Waals surface area contributed by atoms with Crippen molar-refractivity contribution in [1.29, 1.82) is 0 Å². The summed E-state index contributed by atoms with van der Waals surface area (Å²) >= 11 is 7.35. The van der Waals surface area contributed by atoms with Gasteiger partial charge >= 0.3 is 0 Å². The first kappa shape index (κ1) is 11.6. The minimum atomic E-state index is -1.78. The summed E-state index contributed by atoms with van der Waals surface area (Å²) in [6.07, 6.45) is 0. The quantitative estimate of drug-likeness (QED) is 0.755. The molecule has 2 nitrogen and oxygen atoms in total. The molecule has 0 saturated carbocycles. The molecule has 5 heteroatoms. The van der Waals surface area contributed by atoms with Crippen LogP contribution in [-0.4, -0.2) is 25.4 Å². The third kappa shape index (κ3) is 2.45. The summed E-state index contributed by atoms with van der Waals surface area (Å²) in [5, 5.41) is 0.402. The minimum Gasteiger partial charge on any atom is -0.329 e. The third-order valence-electron chi connectivity index (χ3n) is 2.31. The van der Waals surface area contributed by atoms with Crippen molar-refractivity contribution < 1.29 is 4.52 Å². The molecule has 0 aliphatic carbocycles. The molecule has 1 saturated heterocycles. The molecule has 0 spiro atoms. The number of benzene rings is 1. The lowest BCUT2D eigenvalue weighted by Crippen LogP contribution is -2.04. The molecule has 1 aromatic rings. The zero-order valence-corrected chi connectivity index (χ0v) is 11.3. The summed E-state index contributed by atoms with van der Waals surface area (Å²) in [4.78, 5) is 0. The van der Waals surface area contributed by atoms with Crippen LogP contribution in [0.4, 0.5) is 0 Å². The second-order valence-electron chi connectivity index (χ2n) is 3.62. The van der Waals surface area contributed by atoms with Gasteiger partial charge in [-0.15, -0.1) is 0 Å². The van der Waals surface area contributed by atoms with E-state index in [1.54, 1.807) is 11.4 Å². The molecule has 15 heavy (non-hydrogen) atoms. The summed E-state index contributed by atoms with van der Waals surface area (Å²) in [7, 11) is 4.00. The van der Waals surface area contributed by atoms with Crippen LogP contribution < -0.4 is 0 Å². The SMILES string of the molecule is CN(C)[P@]1(=S)OC[C@H](c2ccccc2)S1. The Balaban J connectivity index is 2.15. The highest BCUT2D eigenvalue weighted by molar-refractivity contribution is 8.69. The van der Waals surface area contributed by atoms with Crippen LogP contribution in [0.2, 0.25) is 0 Å². The maximum absolute atomic E-state index is 5.78. The molecule has 0 unspecified atom stereocenters. The first-order valence-electron chi connectivity index (χ1n) is 4.77. The van der Waals surface area contributed by atoms with E-state index in [9.17, 15) is 0 Å². The van der Waals surface area contributed by atoms with E-state index in [0.717, 1.165) is 6.61 Å². The first-order valence-corrected chi connectivity index (χ1v) is 8.93. The molecule has 1 aromatic carbocycles. The van der Waals surface area contributed by atoms with Gasteiger partial charge in [-0.25, -0.2) is 0 Å². The molecule has 2 atom stereocenters. The predicted octanol–water partition coefficient (Wildman–Crippen LogP) is 3.28. The molecule has 0 bridgehead atoms. The highest BCUT2D eigenvalue weighted by Gasteiger charge is 2.35. The Morgan fingerprint density at radius 1 is 1.40 bits per heavy atom. The van der Waals surface area contributed by atoms with Crippen molar-refractivity contribution in [1.82, 2.24) is 4.67 Å². The van der Waals surface area contributed by atoms with Crippen LogP contribution in [-0.2, 0) is 16.3 Å². The smallest absolute Gasteiger partial charge is 0.188 e.